The minimum atomic E-state index is -2.96. The molecule has 1 aliphatic carbocycles. The van der Waals surface area contributed by atoms with Gasteiger partial charge in [-0.25, -0.2) is 8.42 Å². The molecule has 1 aromatic carbocycles. The van der Waals surface area contributed by atoms with E-state index in [2.05, 4.69) is 54.4 Å². The Bertz CT molecular complexity index is 772. The molecule has 1 N–H and O–H groups in total. The number of benzene rings is 1. The van der Waals surface area contributed by atoms with Crippen molar-refractivity contribution in [1.82, 2.24) is 10.2 Å². The number of hydrogen-bond acceptors (Lipinski definition) is 3. The molecule has 0 spiro atoms. The van der Waals surface area contributed by atoms with Crippen LogP contribution in [0.1, 0.15) is 51.0 Å². The van der Waals surface area contributed by atoms with E-state index in [-0.39, 0.29) is 11.2 Å². The maximum absolute atomic E-state index is 11.7. The summed E-state index contributed by atoms with van der Waals surface area (Å²) in [5.74, 6) is 2.42. The van der Waals surface area contributed by atoms with Crippen LogP contribution in [0.15, 0.2) is 35.3 Å². The highest BCUT2D eigenvalue weighted by atomic mass is 32.2. The van der Waals surface area contributed by atoms with E-state index in [1.54, 1.807) is 0 Å². The Balaban J connectivity index is 1.69. The van der Waals surface area contributed by atoms with Crippen molar-refractivity contribution in [2.45, 2.75) is 45.4 Å². The number of nitrogens with one attached hydrogen (secondary N) is 1. The van der Waals surface area contributed by atoms with Crippen LogP contribution in [-0.4, -0.2) is 57.5 Å². The Labute approximate surface area is 170 Å². The molecule has 1 aromatic rings. The van der Waals surface area contributed by atoms with Crippen LogP contribution in [0.3, 0.4) is 0 Å². The summed E-state index contributed by atoms with van der Waals surface area (Å²) in [6.07, 6.45) is 5.55. The molecule has 1 saturated heterocycles. The number of hydrogen-bond donors (Lipinski definition) is 1. The third-order valence-electron chi connectivity index (χ3n) is 6.21. The number of nitrogens with zero attached hydrogens (tertiary/aromatic N) is 2. The number of aliphatic imine (C=N–C) groups is 1. The van der Waals surface area contributed by atoms with Crippen molar-refractivity contribution >= 4 is 15.8 Å². The van der Waals surface area contributed by atoms with Gasteiger partial charge in [0.25, 0.3) is 0 Å². The average Bonchev–Trinajstić information content (AvgIpc) is 3.43. The van der Waals surface area contributed by atoms with Crippen molar-refractivity contribution in [3.63, 3.8) is 0 Å². The Morgan fingerprint density at radius 2 is 1.96 bits per heavy atom. The van der Waals surface area contributed by atoms with E-state index < -0.39 is 9.84 Å². The first kappa shape index (κ1) is 21.2. The Morgan fingerprint density at radius 3 is 2.54 bits per heavy atom. The molecule has 2 unspecified atom stereocenters. The van der Waals surface area contributed by atoms with Crippen LogP contribution in [0.2, 0.25) is 0 Å². The Morgan fingerprint density at radius 1 is 1.25 bits per heavy atom. The lowest BCUT2D eigenvalue weighted by atomic mass is 9.79. The quantitative estimate of drug-likeness (QED) is 0.559. The molecule has 2 aliphatic rings. The smallest absolute Gasteiger partial charge is 0.193 e. The molecule has 1 aliphatic heterocycles. The molecule has 5 nitrogen and oxygen atoms in total. The molecule has 0 bridgehead atoms. The predicted molar refractivity (Wildman–Crippen MR) is 117 cm³/mol. The zero-order chi connectivity index (χ0) is 20.2. The second kappa shape index (κ2) is 8.85. The molecule has 6 heteroatoms. The zero-order valence-electron chi connectivity index (χ0n) is 17.5. The van der Waals surface area contributed by atoms with Crippen LogP contribution in [0.4, 0.5) is 0 Å². The molecule has 0 aromatic heterocycles. The normalized spacial score (nSPS) is 24.8. The molecule has 2 atom stereocenters. The highest BCUT2D eigenvalue weighted by Crippen LogP contribution is 2.47. The lowest BCUT2D eigenvalue weighted by Gasteiger charge is -2.40. The van der Waals surface area contributed by atoms with E-state index in [0.29, 0.717) is 18.4 Å². The van der Waals surface area contributed by atoms with E-state index >= 15 is 0 Å². The molecule has 0 amide bonds. The number of piperidine rings is 1. The minimum Gasteiger partial charge on any atom is -0.357 e. The maximum atomic E-state index is 11.7. The fourth-order valence-electron chi connectivity index (χ4n) is 4.53. The third-order valence-corrected chi connectivity index (χ3v) is 7.35. The molecule has 2 fully saturated rings. The van der Waals surface area contributed by atoms with Crippen LogP contribution in [0, 0.1) is 11.3 Å². The third kappa shape index (κ3) is 5.49. The molecule has 1 saturated carbocycles. The number of guanidine groups is 1. The first-order valence-electron chi connectivity index (χ1n) is 10.6. The lowest BCUT2D eigenvalue weighted by molar-refractivity contribution is 0.215. The van der Waals surface area contributed by atoms with Gasteiger partial charge in [0.2, 0.25) is 0 Å². The summed E-state index contributed by atoms with van der Waals surface area (Å²) >= 11 is 0. The average molecular weight is 406 g/mol. The largest absolute Gasteiger partial charge is 0.357 e. The molecular weight excluding hydrogens is 370 g/mol. The monoisotopic (exact) mass is 405 g/mol. The van der Waals surface area contributed by atoms with E-state index in [1.165, 1.54) is 11.8 Å². The summed E-state index contributed by atoms with van der Waals surface area (Å²) < 4.78 is 23.5. The van der Waals surface area contributed by atoms with Crippen molar-refractivity contribution in [3.05, 3.63) is 35.9 Å². The topological polar surface area (TPSA) is 61.8 Å². The fourth-order valence-corrected chi connectivity index (χ4v) is 6.02. The van der Waals surface area contributed by atoms with Crippen LogP contribution >= 0.6 is 0 Å². The van der Waals surface area contributed by atoms with Crippen molar-refractivity contribution in [2.75, 3.05) is 38.2 Å². The van der Waals surface area contributed by atoms with E-state index in [4.69, 9.17) is 4.99 Å². The predicted octanol–water partition coefficient (Wildman–Crippen LogP) is 3.29. The van der Waals surface area contributed by atoms with Crippen LogP contribution in [0.25, 0.3) is 0 Å². The van der Waals surface area contributed by atoms with Crippen LogP contribution in [0.5, 0.6) is 0 Å². The van der Waals surface area contributed by atoms with Gasteiger partial charge >= 0.3 is 0 Å². The van der Waals surface area contributed by atoms with E-state index in [1.807, 2.05) is 0 Å². The summed E-state index contributed by atoms with van der Waals surface area (Å²) in [7, 11) is -2.96. The second-order valence-corrected chi connectivity index (χ2v) is 10.8. The summed E-state index contributed by atoms with van der Waals surface area (Å²) in [5.41, 5.74) is 1.32. The number of likely N-dealkylation sites (tertiary alicyclic amines) is 1. The van der Waals surface area contributed by atoms with Crippen LogP contribution < -0.4 is 5.32 Å². The summed E-state index contributed by atoms with van der Waals surface area (Å²) in [6, 6.07) is 10.9. The van der Waals surface area contributed by atoms with Gasteiger partial charge < -0.3 is 10.2 Å². The van der Waals surface area contributed by atoms with Crippen molar-refractivity contribution < 1.29 is 8.42 Å². The molecular formula is C22H35N3O2S. The van der Waals surface area contributed by atoms with Crippen molar-refractivity contribution in [1.29, 1.82) is 0 Å². The first-order valence-corrected chi connectivity index (χ1v) is 12.7. The van der Waals surface area contributed by atoms with Gasteiger partial charge in [0.15, 0.2) is 5.96 Å². The maximum Gasteiger partial charge on any atom is 0.193 e. The molecule has 156 valence electrons. The standard InChI is InChI=1S/C22H35N3O2S/c1-4-18-15-25(14-11-20(18)19-9-7-6-8-10-19)21(23-5-2)24-16-22(12-13-22)17-28(3,26)27/h6-10,18,20H,4-5,11-17H2,1-3H3,(H,23,24). The molecule has 1 heterocycles. The minimum absolute atomic E-state index is 0.124. The van der Waals surface area contributed by atoms with Gasteiger partial charge in [-0.05, 0) is 43.6 Å². The molecule has 3 rings (SSSR count). The summed E-state index contributed by atoms with van der Waals surface area (Å²) in [4.78, 5) is 7.27. The van der Waals surface area contributed by atoms with Crippen molar-refractivity contribution in [3.8, 4) is 0 Å². The molecule has 0 radical (unpaired) electrons. The van der Waals surface area contributed by atoms with Crippen LogP contribution in [-0.2, 0) is 9.84 Å². The Hall–Kier alpha value is -1.56. The first-order chi connectivity index (χ1) is 13.4. The number of sulfone groups is 1. The zero-order valence-corrected chi connectivity index (χ0v) is 18.3. The van der Waals surface area contributed by atoms with Gasteiger partial charge in [0.05, 0.1) is 5.75 Å². The summed E-state index contributed by atoms with van der Waals surface area (Å²) in [5, 5.41) is 3.44. The molecule has 28 heavy (non-hydrogen) atoms. The highest BCUT2D eigenvalue weighted by molar-refractivity contribution is 7.90. The van der Waals surface area contributed by atoms with Gasteiger partial charge in [-0.2, -0.15) is 0 Å². The Kier molecular flexibility index (Phi) is 6.69. The van der Waals surface area contributed by atoms with Gasteiger partial charge in [-0.15, -0.1) is 0 Å². The lowest BCUT2D eigenvalue weighted by Crippen LogP contribution is -2.48. The summed E-state index contributed by atoms with van der Waals surface area (Å²) in [6.45, 7) is 7.79. The van der Waals surface area contributed by atoms with Gasteiger partial charge in [0, 0.05) is 37.8 Å². The SMILES string of the molecule is CCNC(=NCC1(CS(C)(=O)=O)CC1)N1CCC(c2ccccc2)C(CC)C1. The highest BCUT2D eigenvalue weighted by Gasteiger charge is 2.45. The number of rotatable bonds is 7. The fraction of sp³-hybridized carbons (Fsp3) is 0.682. The van der Waals surface area contributed by atoms with Gasteiger partial charge in [-0.3, -0.25) is 4.99 Å². The van der Waals surface area contributed by atoms with Gasteiger partial charge in [-0.1, -0.05) is 43.7 Å². The second-order valence-electron chi connectivity index (χ2n) is 8.66. The van der Waals surface area contributed by atoms with Gasteiger partial charge in [0.1, 0.15) is 9.84 Å². The van der Waals surface area contributed by atoms with E-state index in [0.717, 1.165) is 51.3 Å². The van der Waals surface area contributed by atoms with Crippen molar-refractivity contribution in [2.24, 2.45) is 16.3 Å². The van der Waals surface area contributed by atoms with E-state index in [9.17, 15) is 8.42 Å².